The summed E-state index contributed by atoms with van der Waals surface area (Å²) in [6.45, 7) is 6.79. The number of hydrogen-bond acceptors (Lipinski definition) is 2. The normalized spacial score (nSPS) is 18.5. The monoisotopic (exact) mass is 170 g/mol. The summed E-state index contributed by atoms with van der Waals surface area (Å²) in [7, 11) is 0. The third kappa shape index (κ3) is 1.87. The molecule has 0 aliphatic carbocycles. The number of aliphatic carboxylic acids is 1. The van der Waals surface area contributed by atoms with Crippen molar-refractivity contribution in [3.8, 4) is 0 Å². The lowest BCUT2D eigenvalue weighted by molar-refractivity contribution is -0.146. The third-order valence-corrected chi connectivity index (χ3v) is 2.18. The molecule has 3 nitrogen and oxygen atoms in total. The maximum Gasteiger partial charge on any atom is 0.313 e. The van der Waals surface area contributed by atoms with Gasteiger partial charge in [0.2, 0.25) is 0 Å². The maximum atomic E-state index is 10.8. The average Bonchev–Trinajstić information content (AvgIpc) is 2.03. The Balaban J connectivity index is 4.85. The first kappa shape index (κ1) is 10.8. The highest BCUT2D eigenvalue weighted by Gasteiger charge is 2.34. The molecule has 0 aromatic carbocycles. The Morgan fingerprint density at radius 1 is 1.67 bits per heavy atom. The van der Waals surface area contributed by atoms with E-state index in [1.807, 2.05) is 0 Å². The van der Waals surface area contributed by atoms with Crippen LogP contribution in [0.15, 0.2) is 25.0 Å². The quantitative estimate of drug-likeness (QED) is 0.501. The van der Waals surface area contributed by atoms with Gasteiger partial charge in [-0.2, -0.15) is 0 Å². The Bertz CT molecular complexity index is 208. The van der Waals surface area contributed by atoms with Crippen LogP contribution in [0.5, 0.6) is 0 Å². The van der Waals surface area contributed by atoms with Crippen LogP contribution in [-0.4, -0.2) is 16.2 Å². The van der Waals surface area contributed by atoms with Crippen molar-refractivity contribution in [2.45, 2.75) is 13.8 Å². The molecule has 2 unspecified atom stereocenters. The number of carbonyl (C=O) groups is 1. The molecule has 0 saturated heterocycles. The third-order valence-electron chi connectivity index (χ3n) is 2.18. The zero-order valence-corrected chi connectivity index (χ0v) is 7.32. The van der Waals surface area contributed by atoms with E-state index in [2.05, 4.69) is 6.58 Å². The molecule has 3 heteroatoms. The van der Waals surface area contributed by atoms with E-state index in [1.165, 1.54) is 13.0 Å². The van der Waals surface area contributed by atoms with Gasteiger partial charge in [-0.05, 0) is 18.9 Å². The largest absolute Gasteiger partial charge is 0.516 e. The van der Waals surface area contributed by atoms with Crippen molar-refractivity contribution < 1.29 is 15.0 Å². The Morgan fingerprint density at radius 2 is 2.17 bits per heavy atom. The fourth-order valence-corrected chi connectivity index (χ4v) is 0.817. The summed E-state index contributed by atoms with van der Waals surface area (Å²) in [4.78, 5) is 10.8. The topological polar surface area (TPSA) is 57.5 Å². The van der Waals surface area contributed by atoms with Crippen LogP contribution >= 0.6 is 0 Å². The van der Waals surface area contributed by atoms with E-state index in [1.54, 1.807) is 13.0 Å². The summed E-state index contributed by atoms with van der Waals surface area (Å²) < 4.78 is 0. The fourth-order valence-electron chi connectivity index (χ4n) is 0.817. The zero-order valence-electron chi connectivity index (χ0n) is 7.32. The predicted molar refractivity (Wildman–Crippen MR) is 46.9 cm³/mol. The number of hydrogen-bond donors (Lipinski definition) is 2. The summed E-state index contributed by atoms with van der Waals surface area (Å²) in [5.41, 5.74) is -1.07. The molecule has 0 aromatic heterocycles. The molecule has 0 rings (SSSR count). The second-order valence-electron chi connectivity index (χ2n) is 2.93. The molecule has 0 radical (unpaired) electrons. The summed E-state index contributed by atoms with van der Waals surface area (Å²) in [6.07, 6.45) is 3.56. The number of aliphatic hydroxyl groups excluding tert-OH is 1. The van der Waals surface area contributed by atoms with Gasteiger partial charge in [0.1, 0.15) is 0 Å². The van der Waals surface area contributed by atoms with Gasteiger partial charge in [0, 0.05) is 0 Å². The fraction of sp³-hybridized carbons (Fsp3) is 0.444. The molecule has 0 spiro atoms. The highest BCUT2D eigenvalue weighted by molar-refractivity contribution is 5.77. The second kappa shape index (κ2) is 3.95. The van der Waals surface area contributed by atoms with E-state index < -0.39 is 11.4 Å². The lowest BCUT2D eigenvalue weighted by atomic mass is 9.78. The highest BCUT2D eigenvalue weighted by atomic mass is 16.4. The second-order valence-corrected chi connectivity index (χ2v) is 2.93. The summed E-state index contributed by atoms with van der Waals surface area (Å²) in [5, 5.41) is 17.4. The minimum absolute atomic E-state index is 0.224. The molecule has 0 heterocycles. The molecule has 0 aliphatic rings. The number of allylic oxidation sites excluding steroid dienone is 1. The molecule has 68 valence electrons. The highest BCUT2D eigenvalue weighted by Crippen LogP contribution is 2.29. The first-order valence-corrected chi connectivity index (χ1v) is 3.67. The number of carboxylic acid groups (broad SMARTS) is 1. The van der Waals surface area contributed by atoms with Crippen LogP contribution in [-0.2, 0) is 4.79 Å². The van der Waals surface area contributed by atoms with E-state index in [-0.39, 0.29) is 5.92 Å². The molecule has 0 aromatic rings. The van der Waals surface area contributed by atoms with Gasteiger partial charge in [0.25, 0.3) is 0 Å². The number of aliphatic hydroxyl groups is 1. The lowest BCUT2D eigenvalue weighted by Gasteiger charge is -2.25. The van der Waals surface area contributed by atoms with Crippen LogP contribution in [0, 0.1) is 11.3 Å². The Hall–Kier alpha value is -1.25. The van der Waals surface area contributed by atoms with Gasteiger partial charge in [-0.1, -0.05) is 13.0 Å². The van der Waals surface area contributed by atoms with Gasteiger partial charge in [0.15, 0.2) is 0 Å². The van der Waals surface area contributed by atoms with E-state index in [0.717, 1.165) is 6.26 Å². The van der Waals surface area contributed by atoms with Crippen molar-refractivity contribution in [2.75, 3.05) is 0 Å². The molecule has 0 fully saturated rings. The number of carboxylic acids is 1. The Morgan fingerprint density at radius 3 is 2.42 bits per heavy atom. The van der Waals surface area contributed by atoms with Crippen LogP contribution in [0.2, 0.25) is 0 Å². The van der Waals surface area contributed by atoms with Crippen molar-refractivity contribution >= 4 is 5.97 Å². The van der Waals surface area contributed by atoms with E-state index >= 15 is 0 Å². The van der Waals surface area contributed by atoms with Crippen LogP contribution in [0.3, 0.4) is 0 Å². The first-order valence-electron chi connectivity index (χ1n) is 3.67. The van der Waals surface area contributed by atoms with Crippen molar-refractivity contribution in [1.82, 2.24) is 0 Å². The van der Waals surface area contributed by atoms with Crippen LogP contribution in [0.4, 0.5) is 0 Å². The summed E-state index contributed by atoms with van der Waals surface area (Å²) in [5.74, 6) is -1.20. The van der Waals surface area contributed by atoms with Crippen LogP contribution in [0.1, 0.15) is 13.8 Å². The first-order chi connectivity index (χ1) is 5.49. The van der Waals surface area contributed by atoms with E-state index in [0.29, 0.717) is 0 Å². The van der Waals surface area contributed by atoms with Gasteiger partial charge >= 0.3 is 5.97 Å². The van der Waals surface area contributed by atoms with Crippen molar-refractivity contribution in [3.05, 3.63) is 25.0 Å². The van der Waals surface area contributed by atoms with E-state index in [4.69, 9.17) is 10.2 Å². The summed E-state index contributed by atoms with van der Waals surface area (Å²) in [6, 6.07) is 0. The van der Waals surface area contributed by atoms with Crippen LogP contribution < -0.4 is 0 Å². The minimum atomic E-state index is -1.07. The Labute approximate surface area is 72.0 Å². The van der Waals surface area contributed by atoms with Gasteiger partial charge in [-0.15, -0.1) is 6.58 Å². The molecular formula is C9H14O3. The Kier molecular flexibility index (Phi) is 3.54. The smallest absolute Gasteiger partial charge is 0.313 e. The maximum absolute atomic E-state index is 10.8. The standard InChI is InChI=1S/C9H14O3/c1-4-7(2)9(3,5-6-10)8(11)12/h4-7,10H,1H2,2-3H3,(H,11,12)/b6-5+. The van der Waals surface area contributed by atoms with Crippen molar-refractivity contribution in [3.63, 3.8) is 0 Å². The predicted octanol–water partition coefficient (Wildman–Crippen LogP) is 1.97. The molecule has 12 heavy (non-hydrogen) atoms. The molecular weight excluding hydrogens is 156 g/mol. The van der Waals surface area contributed by atoms with Crippen LogP contribution in [0.25, 0.3) is 0 Å². The molecule has 0 saturated carbocycles. The molecule has 0 amide bonds. The minimum Gasteiger partial charge on any atom is -0.516 e. The molecule has 0 aliphatic heterocycles. The summed E-state index contributed by atoms with van der Waals surface area (Å²) >= 11 is 0. The average molecular weight is 170 g/mol. The molecule has 2 atom stereocenters. The SMILES string of the molecule is C=CC(C)C(C)(/C=C/O)C(=O)O. The van der Waals surface area contributed by atoms with Gasteiger partial charge in [-0.3, -0.25) is 4.79 Å². The van der Waals surface area contributed by atoms with Gasteiger partial charge < -0.3 is 10.2 Å². The number of rotatable bonds is 4. The molecule has 2 N–H and O–H groups in total. The molecule has 0 bridgehead atoms. The zero-order chi connectivity index (χ0) is 9.78. The van der Waals surface area contributed by atoms with Crippen molar-refractivity contribution in [1.29, 1.82) is 0 Å². The van der Waals surface area contributed by atoms with Gasteiger partial charge in [0.05, 0.1) is 11.7 Å². The van der Waals surface area contributed by atoms with Crippen molar-refractivity contribution in [2.24, 2.45) is 11.3 Å². The lowest BCUT2D eigenvalue weighted by Crippen LogP contribution is -2.31. The van der Waals surface area contributed by atoms with Gasteiger partial charge in [-0.25, -0.2) is 0 Å². The van der Waals surface area contributed by atoms with E-state index in [9.17, 15) is 4.79 Å².